The monoisotopic (exact) mass is 297 g/mol. The summed E-state index contributed by atoms with van der Waals surface area (Å²) >= 11 is 0. The fraction of sp³-hybridized carbons (Fsp3) is 0.538. The molecular formula is C13H16F5NO. The van der Waals surface area contributed by atoms with Gasteiger partial charge in [0.1, 0.15) is 5.75 Å². The molecule has 0 radical (unpaired) electrons. The third-order valence-corrected chi connectivity index (χ3v) is 2.54. The van der Waals surface area contributed by atoms with Crippen LogP contribution >= 0.6 is 0 Å². The second-order valence-electron chi connectivity index (χ2n) is 4.27. The van der Waals surface area contributed by atoms with Gasteiger partial charge < -0.3 is 10.1 Å². The molecule has 0 saturated carbocycles. The first kappa shape index (κ1) is 16.7. The Bertz CT molecular complexity index is 377. The van der Waals surface area contributed by atoms with E-state index < -0.39 is 19.2 Å². The zero-order valence-corrected chi connectivity index (χ0v) is 10.7. The summed E-state index contributed by atoms with van der Waals surface area (Å²) in [4.78, 5) is 0. The van der Waals surface area contributed by atoms with Crippen LogP contribution in [0.15, 0.2) is 24.3 Å². The molecule has 1 aromatic carbocycles. The number of unbranched alkanes of at least 4 members (excludes halogenated alkanes) is 1. The minimum Gasteiger partial charge on any atom is -0.435 e. The van der Waals surface area contributed by atoms with Crippen LogP contribution < -0.4 is 10.1 Å². The topological polar surface area (TPSA) is 21.3 Å². The van der Waals surface area contributed by atoms with E-state index in [0.717, 1.165) is 5.56 Å². The number of benzene rings is 1. The van der Waals surface area contributed by atoms with Crippen LogP contribution in [0.3, 0.4) is 0 Å². The number of rotatable bonds is 8. The molecule has 0 spiro atoms. The summed E-state index contributed by atoms with van der Waals surface area (Å²) < 4.78 is 63.6. The van der Waals surface area contributed by atoms with Crippen LogP contribution in [0.1, 0.15) is 24.8 Å². The molecule has 0 fully saturated rings. The Kier molecular flexibility index (Phi) is 6.70. The van der Waals surface area contributed by atoms with Crippen molar-refractivity contribution in [1.82, 2.24) is 5.32 Å². The first-order valence-corrected chi connectivity index (χ1v) is 6.18. The Labute approximate surface area is 113 Å². The molecule has 0 aromatic heterocycles. The second-order valence-corrected chi connectivity index (χ2v) is 4.27. The number of ether oxygens (including phenoxy) is 1. The Morgan fingerprint density at radius 2 is 1.70 bits per heavy atom. The summed E-state index contributed by atoms with van der Waals surface area (Å²) in [5.41, 5.74) is 0.849. The average molecular weight is 297 g/mol. The highest BCUT2D eigenvalue weighted by Crippen LogP contribution is 2.21. The molecule has 1 N–H and O–H groups in total. The molecule has 114 valence electrons. The third-order valence-electron chi connectivity index (χ3n) is 2.54. The molecule has 0 atom stereocenters. The number of halogens is 5. The first-order chi connectivity index (χ1) is 9.37. The van der Waals surface area contributed by atoms with E-state index in [1.165, 1.54) is 12.1 Å². The van der Waals surface area contributed by atoms with Crippen molar-refractivity contribution < 1.29 is 26.7 Å². The van der Waals surface area contributed by atoms with Crippen molar-refractivity contribution in [3.63, 3.8) is 0 Å². The van der Waals surface area contributed by atoms with Crippen LogP contribution in [0.2, 0.25) is 0 Å². The predicted octanol–water partition coefficient (Wildman–Crippen LogP) is 4.11. The first-order valence-electron chi connectivity index (χ1n) is 6.18. The van der Waals surface area contributed by atoms with Crippen molar-refractivity contribution in [2.24, 2.45) is 0 Å². The fourth-order valence-electron chi connectivity index (χ4n) is 1.60. The zero-order valence-electron chi connectivity index (χ0n) is 10.7. The largest absolute Gasteiger partial charge is 0.435 e. The molecule has 0 heterocycles. The van der Waals surface area contributed by atoms with Gasteiger partial charge in [-0.05, 0) is 37.1 Å². The number of hydrogen-bond acceptors (Lipinski definition) is 2. The molecule has 0 aliphatic rings. The molecule has 0 bridgehead atoms. The predicted molar refractivity (Wildman–Crippen MR) is 64.7 cm³/mol. The molecule has 1 rings (SSSR count). The maximum atomic E-state index is 11.9. The third kappa shape index (κ3) is 7.93. The maximum Gasteiger partial charge on any atom is 0.389 e. The lowest BCUT2D eigenvalue weighted by atomic mass is 10.2. The van der Waals surface area contributed by atoms with Crippen LogP contribution in [0.25, 0.3) is 0 Å². The van der Waals surface area contributed by atoms with Crippen LogP contribution in [0.5, 0.6) is 5.75 Å². The fourth-order valence-corrected chi connectivity index (χ4v) is 1.60. The Morgan fingerprint density at radius 3 is 2.25 bits per heavy atom. The van der Waals surface area contributed by atoms with Gasteiger partial charge in [-0.1, -0.05) is 12.1 Å². The zero-order chi connectivity index (χ0) is 15.0. The van der Waals surface area contributed by atoms with Crippen molar-refractivity contribution in [2.75, 3.05) is 6.54 Å². The van der Waals surface area contributed by atoms with Gasteiger partial charge in [-0.3, -0.25) is 0 Å². The molecule has 0 aliphatic carbocycles. The Morgan fingerprint density at radius 1 is 1.05 bits per heavy atom. The summed E-state index contributed by atoms with van der Waals surface area (Å²) in [5, 5.41) is 2.99. The minimum atomic E-state index is -4.10. The Balaban J connectivity index is 2.16. The van der Waals surface area contributed by atoms with Crippen molar-refractivity contribution in [2.45, 2.75) is 38.6 Å². The summed E-state index contributed by atoms with van der Waals surface area (Å²) in [7, 11) is 0. The van der Waals surface area contributed by atoms with E-state index in [9.17, 15) is 22.0 Å². The summed E-state index contributed by atoms with van der Waals surface area (Å²) in [6.45, 7) is -1.90. The quantitative estimate of drug-likeness (QED) is 0.576. The summed E-state index contributed by atoms with van der Waals surface area (Å²) in [6.07, 6.45) is -4.33. The molecular weight excluding hydrogens is 281 g/mol. The van der Waals surface area contributed by atoms with Gasteiger partial charge in [-0.15, -0.1) is 0 Å². The highest BCUT2D eigenvalue weighted by Gasteiger charge is 2.25. The van der Waals surface area contributed by atoms with Gasteiger partial charge in [0, 0.05) is 13.0 Å². The molecule has 7 heteroatoms. The van der Waals surface area contributed by atoms with Crippen molar-refractivity contribution >= 4 is 0 Å². The molecule has 1 aromatic rings. The number of hydrogen-bond donors (Lipinski definition) is 1. The van der Waals surface area contributed by atoms with Crippen LogP contribution in [-0.4, -0.2) is 19.3 Å². The van der Waals surface area contributed by atoms with Gasteiger partial charge in [-0.2, -0.15) is 22.0 Å². The normalized spacial score (nSPS) is 11.9. The summed E-state index contributed by atoms with van der Waals surface area (Å²) in [6, 6.07) is 6.10. The summed E-state index contributed by atoms with van der Waals surface area (Å²) in [5.74, 6) is 0.0777. The minimum absolute atomic E-state index is 0.0777. The second kappa shape index (κ2) is 8.04. The van der Waals surface area contributed by atoms with Crippen LogP contribution in [0.4, 0.5) is 22.0 Å². The van der Waals surface area contributed by atoms with Crippen molar-refractivity contribution in [3.8, 4) is 5.75 Å². The number of nitrogens with one attached hydrogen (secondary N) is 1. The van der Waals surface area contributed by atoms with Gasteiger partial charge in [0.05, 0.1) is 0 Å². The molecule has 2 nitrogen and oxygen atoms in total. The van der Waals surface area contributed by atoms with E-state index in [2.05, 4.69) is 10.1 Å². The van der Waals surface area contributed by atoms with E-state index in [1.807, 2.05) is 0 Å². The van der Waals surface area contributed by atoms with Gasteiger partial charge in [0.25, 0.3) is 0 Å². The van der Waals surface area contributed by atoms with Crippen molar-refractivity contribution in [3.05, 3.63) is 29.8 Å². The lowest BCUT2D eigenvalue weighted by Gasteiger charge is -2.08. The standard InChI is InChI=1S/C13H16F5NO/c14-12(15)20-11-5-3-10(4-6-11)9-19-8-2-1-7-13(16,17)18/h3-6,12,19H,1-2,7-9H2. The number of alkyl halides is 5. The van der Waals surface area contributed by atoms with E-state index in [1.54, 1.807) is 12.1 Å². The van der Waals surface area contributed by atoms with E-state index >= 15 is 0 Å². The van der Waals surface area contributed by atoms with Gasteiger partial charge >= 0.3 is 12.8 Å². The molecule has 0 amide bonds. The molecule has 20 heavy (non-hydrogen) atoms. The van der Waals surface area contributed by atoms with E-state index in [0.29, 0.717) is 19.5 Å². The lowest BCUT2D eigenvalue weighted by molar-refractivity contribution is -0.135. The molecule has 0 aliphatic heterocycles. The highest BCUT2D eigenvalue weighted by atomic mass is 19.4. The maximum absolute atomic E-state index is 11.9. The van der Waals surface area contributed by atoms with Gasteiger partial charge in [-0.25, -0.2) is 0 Å². The van der Waals surface area contributed by atoms with Crippen molar-refractivity contribution in [1.29, 1.82) is 0 Å². The molecule has 0 saturated heterocycles. The van der Waals surface area contributed by atoms with Crippen LogP contribution in [-0.2, 0) is 6.54 Å². The SMILES string of the molecule is FC(F)Oc1ccc(CNCCCCC(F)(F)F)cc1. The average Bonchev–Trinajstić information content (AvgIpc) is 2.33. The van der Waals surface area contributed by atoms with Gasteiger partial charge in [0.2, 0.25) is 0 Å². The smallest absolute Gasteiger partial charge is 0.389 e. The van der Waals surface area contributed by atoms with E-state index in [-0.39, 0.29) is 12.2 Å². The highest BCUT2D eigenvalue weighted by molar-refractivity contribution is 5.27. The molecule has 0 unspecified atom stereocenters. The Hall–Kier alpha value is -1.37. The lowest BCUT2D eigenvalue weighted by Crippen LogP contribution is -2.15. The van der Waals surface area contributed by atoms with E-state index in [4.69, 9.17) is 0 Å². The van der Waals surface area contributed by atoms with Crippen LogP contribution in [0, 0.1) is 0 Å². The van der Waals surface area contributed by atoms with Gasteiger partial charge in [0.15, 0.2) is 0 Å².